The van der Waals surface area contributed by atoms with Crippen LogP contribution in [0.2, 0.25) is 10.6 Å². The minimum atomic E-state index is -0.221. The zero-order valence-corrected chi connectivity index (χ0v) is 10.8. The topological polar surface area (TPSA) is 77.0 Å². The van der Waals surface area contributed by atoms with Crippen LogP contribution in [0.15, 0.2) is 0 Å². The number of hydrogen-bond donors (Lipinski definition) is 1. The lowest BCUT2D eigenvalue weighted by Gasteiger charge is -2.04. The number of carbonyl (C=O) groups is 1. The van der Waals surface area contributed by atoms with Gasteiger partial charge in [-0.05, 0) is 36.5 Å². The zero-order valence-electron chi connectivity index (χ0n) is 9.24. The average Bonchev–Trinajstić information content (AvgIpc) is 2.23. The summed E-state index contributed by atoms with van der Waals surface area (Å²) in [6.07, 6.45) is 0.952. The largest absolute Gasteiger partial charge is 0.466 e. The standard InChI is InChI=1S/C9H12Cl2N4O2/c1-2-17-6(16)4-3-5-12-9-14-7(10)13-8(11)15-9/h2-5H2,1H3,(H,12,13,14,15). The molecule has 0 radical (unpaired) electrons. The van der Waals surface area contributed by atoms with Gasteiger partial charge in [0.25, 0.3) is 0 Å². The highest BCUT2D eigenvalue weighted by Gasteiger charge is 2.04. The van der Waals surface area contributed by atoms with Gasteiger partial charge in [-0.1, -0.05) is 0 Å². The van der Waals surface area contributed by atoms with Gasteiger partial charge in [0, 0.05) is 13.0 Å². The zero-order chi connectivity index (χ0) is 12.7. The molecule has 6 nitrogen and oxygen atoms in total. The number of anilines is 1. The molecule has 0 amide bonds. The molecule has 94 valence electrons. The van der Waals surface area contributed by atoms with Gasteiger partial charge >= 0.3 is 5.97 Å². The summed E-state index contributed by atoms with van der Waals surface area (Å²) in [4.78, 5) is 22.3. The summed E-state index contributed by atoms with van der Waals surface area (Å²) in [6, 6.07) is 0. The van der Waals surface area contributed by atoms with Crippen molar-refractivity contribution in [2.24, 2.45) is 0 Å². The fraction of sp³-hybridized carbons (Fsp3) is 0.556. The van der Waals surface area contributed by atoms with Gasteiger partial charge in [0.2, 0.25) is 16.5 Å². The van der Waals surface area contributed by atoms with E-state index in [4.69, 9.17) is 27.9 Å². The second-order valence-electron chi connectivity index (χ2n) is 3.03. The monoisotopic (exact) mass is 278 g/mol. The Morgan fingerprint density at radius 2 is 1.94 bits per heavy atom. The molecular weight excluding hydrogens is 267 g/mol. The van der Waals surface area contributed by atoms with Crippen molar-refractivity contribution >= 4 is 35.1 Å². The molecule has 0 aliphatic rings. The van der Waals surface area contributed by atoms with Crippen molar-refractivity contribution in [2.45, 2.75) is 19.8 Å². The van der Waals surface area contributed by atoms with Crippen LogP contribution in [0.5, 0.6) is 0 Å². The fourth-order valence-corrected chi connectivity index (χ4v) is 1.43. The number of hydrogen-bond acceptors (Lipinski definition) is 6. The normalized spacial score (nSPS) is 10.1. The maximum atomic E-state index is 11.0. The van der Waals surface area contributed by atoms with Crippen LogP contribution in [-0.2, 0) is 9.53 Å². The second kappa shape index (κ2) is 7.24. The molecule has 1 rings (SSSR count). The average molecular weight is 279 g/mol. The number of rotatable bonds is 6. The lowest BCUT2D eigenvalue weighted by molar-refractivity contribution is -0.143. The number of nitrogens with zero attached hydrogens (tertiary/aromatic N) is 3. The first-order valence-corrected chi connectivity index (χ1v) is 5.84. The van der Waals surface area contributed by atoms with Gasteiger partial charge in [0.15, 0.2) is 0 Å². The van der Waals surface area contributed by atoms with Crippen LogP contribution in [0.1, 0.15) is 19.8 Å². The molecule has 0 aliphatic heterocycles. The lowest BCUT2D eigenvalue weighted by atomic mass is 10.3. The molecule has 0 saturated carbocycles. The highest BCUT2D eigenvalue weighted by Crippen LogP contribution is 2.09. The van der Waals surface area contributed by atoms with E-state index in [0.29, 0.717) is 31.9 Å². The number of aromatic nitrogens is 3. The van der Waals surface area contributed by atoms with Crippen molar-refractivity contribution in [1.29, 1.82) is 0 Å². The third-order valence-electron chi connectivity index (χ3n) is 1.73. The van der Waals surface area contributed by atoms with Crippen LogP contribution in [0.3, 0.4) is 0 Å². The first-order valence-electron chi connectivity index (χ1n) is 5.08. The predicted molar refractivity (Wildman–Crippen MR) is 64.2 cm³/mol. The summed E-state index contributed by atoms with van der Waals surface area (Å²) >= 11 is 11.2. The van der Waals surface area contributed by atoms with E-state index < -0.39 is 0 Å². The molecule has 0 spiro atoms. The van der Waals surface area contributed by atoms with Crippen molar-refractivity contribution in [1.82, 2.24) is 15.0 Å². The molecule has 0 saturated heterocycles. The Morgan fingerprint density at radius 1 is 1.29 bits per heavy atom. The third kappa shape index (κ3) is 5.65. The molecule has 0 bridgehead atoms. The van der Waals surface area contributed by atoms with E-state index in [-0.39, 0.29) is 16.5 Å². The lowest BCUT2D eigenvalue weighted by Crippen LogP contribution is -2.10. The number of halogens is 2. The van der Waals surface area contributed by atoms with Crippen LogP contribution >= 0.6 is 23.2 Å². The summed E-state index contributed by atoms with van der Waals surface area (Å²) < 4.78 is 4.78. The minimum absolute atomic E-state index is 0.0258. The molecule has 17 heavy (non-hydrogen) atoms. The van der Waals surface area contributed by atoms with E-state index >= 15 is 0 Å². The molecule has 0 aliphatic carbocycles. The molecule has 1 aromatic heterocycles. The molecule has 0 unspecified atom stereocenters. The van der Waals surface area contributed by atoms with E-state index in [1.807, 2.05) is 0 Å². The smallest absolute Gasteiger partial charge is 0.305 e. The maximum absolute atomic E-state index is 11.0. The number of esters is 1. The van der Waals surface area contributed by atoms with E-state index in [2.05, 4.69) is 20.3 Å². The summed E-state index contributed by atoms with van der Waals surface area (Å²) in [5.41, 5.74) is 0. The van der Waals surface area contributed by atoms with Crippen LogP contribution in [-0.4, -0.2) is 34.1 Å². The van der Waals surface area contributed by atoms with Gasteiger partial charge in [-0.25, -0.2) is 0 Å². The van der Waals surface area contributed by atoms with Crippen molar-refractivity contribution in [3.05, 3.63) is 10.6 Å². The quantitative estimate of drug-likeness (QED) is 0.633. The Bertz CT molecular complexity index is 369. The van der Waals surface area contributed by atoms with Crippen LogP contribution in [0, 0.1) is 0 Å². The van der Waals surface area contributed by atoms with Crippen LogP contribution < -0.4 is 5.32 Å². The van der Waals surface area contributed by atoms with E-state index in [0.717, 1.165) is 0 Å². The summed E-state index contributed by atoms with van der Waals surface area (Å²) in [7, 11) is 0. The van der Waals surface area contributed by atoms with Gasteiger partial charge in [0.05, 0.1) is 6.61 Å². The third-order valence-corrected chi connectivity index (χ3v) is 2.07. The van der Waals surface area contributed by atoms with Crippen molar-refractivity contribution in [3.8, 4) is 0 Å². The molecular formula is C9H12Cl2N4O2. The van der Waals surface area contributed by atoms with E-state index in [9.17, 15) is 4.79 Å². The highest BCUT2D eigenvalue weighted by molar-refractivity contribution is 6.31. The summed E-state index contributed by atoms with van der Waals surface area (Å²) in [6.45, 7) is 2.69. The molecule has 1 aromatic rings. The highest BCUT2D eigenvalue weighted by atomic mass is 35.5. The van der Waals surface area contributed by atoms with E-state index in [1.54, 1.807) is 6.92 Å². The van der Waals surface area contributed by atoms with Gasteiger partial charge in [0.1, 0.15) is 0 Å². The Balaban J connectivity index is 2.28. The summed E-state index contributed by atoms with van der Waals surface area (Å²) in [5, 5.41) is 2.94. The number of carbonyl (C=O) groups excluding carboxylic acids is 1. The van der Waals surface area contributed by atoms with Crippen LogP contribution in [0.4, 0.5) is 5.95 Å². The first kappa shape index (κ1) is 13.9. The number of nitrogens with one attached hydrogen (secondary N) is 1. The second-order valence-corrected chi connectivity index (χ2v) is 3.71. The first-order chi connectivity index (χ1) is 8.11. The Morgan fingerprint density at radius 3 is 2.53 bits per heavy atom. The molecule has 0 aromatic carbocycles. The molecule has 0 atom stereocenters. The Labute approximate surface area is 109 Å². The predicted octanol–water partition coefficient (Wildman–Crippen LogP) is 1.93. The van der Waals surface area contributed by atoms with Gasteiger partial charge in [-0.15, -0.1) is 0 Å². The molecule has 8 heteroatoms. The maximum Gasteiger partial charge on any atom is 0.305 e. The van der Waals surface area contributed by atoms with Gasteiger partial charge in [-0.3, -0.25) is 4.79 Å². The van der Waals surface area contributed by atoms with Crippen molar-refractivity contribution < 1.29 is 9.53 Å². The SMILES string of the molecule is CCOC(=O)CCCNc1nc(Cl)nc(Cl)n1. The van der Waals surface area contributed by atoms with Crippen LogP contribution in [0.25, 0.3) is 0 Å². The van der Waals surface area contributed by atoms with E-state index in [1.165, 1.54) is 0 Å². The fourth-order valence-electron chi connectivity index (χ4n) is 1.07. The Hall–Kier alpha value is -1.14. The number of ether oxygens (including phenoxy) is 1. The molecule has 1 N–H and O–H groups in total. The summed E-state index contributed by atoms with van der Waals surface area (Å²) in [5.74, 6) is 0.0693. The van der Waals surface area contributed by atoms with Crippen molar-refractivity contribution in [2.75, 3.05) is 18.5 Å². The molecule has 1 heterocycles. The molecule has 0 fully saturated rings. The van der Waals surface area contributed by atoms with Gasteiger partial charge < -0.3 is 10.1 Å². The van der Waals surface area contributed by atoms with Gasteiger partial charge in [-0.2, -0.15) is 15.0 Å². The Kier molecular flexibility index (Phi) is 5.93. The minimum Gasteiger partial charge on any atom is -0.466 e. The van der Waals surface area contributed by atoms with Crippen molar-refractivity contribution in [3.63, 3.8) is 0 Å².